The molecule has 2 amide bonds. The number of anilines is 2. The quantitative estimate of drug-likeness (QED) is 0.559. The van der Waals surface area contributed by atoms with Crippen molar-refractivity contribution < 1.29 is 23.8 Å². The third kappa shape index (κ3) is 4.81. The third-order valence-electron chi connectivity index (χ3n) is 4.43. The molecule has 2 aromatic carbocycles. The van der Waals surface area contributed by atoms with Crippen molar-refractivity contribution in [3.05, 3.63) is 60.2 Å². The average molecular weight is 408 g/mol. The van der Waals surface area contributed by atoms with Crippen molar-refractivity contribution in [1.82, 2.24) is 0 Å². The Morgan fingerprint density at radius 1 is 1.20 bits per heavy atom. The molecule has 7 nitrogen and oxygen atoms in total. The zero-order valence-corrected chi connectivity index (χ0v) is 17.2. The van der Waals surface area contributed by atoms with Gasteiger partial charge >= 0.3 is 0 Å². The van der Waals surface area contributed by atoms with Gasteiger partial charge in [0.05, 0.1) is 19.9 Å². The molecule has 0 unspecified atom stereocenters. The van der Waals surface area contributed by atoms with Crippen molar-refractivity contribution in [2.45, 2.75) is 6.92 Å². The van der Waals surface area contributed by atoms with Gasteiger partial charge in [-0.3, -0.25) is 9.59 Å². The summed E-state index contributed by atoms with van der Waals surface area (Å²) in [5.41, 5.74) is 2.90. The van der Waals surface area contributed by atoms with Gasteiger partial charge in [-0.05, 0) is 42.8 Å². The molecule has 1 aliphatic rings. The summed E-state index contributed by atoms with van der Waals surface area (Å²) in [5.74, 6) is 1.32. The fraction of sp³-hybridized carbons (Fsp3) is 0.217. The number of nitrogens with one attached hydrogen (secondary N) is 1. The monoisotopic (exact) mass is 408 g/mol. The highest BCUT2D eigenvalue weighted by Gasteiger charge is 2.25. The summed E-state index contributed by atoms with van der Waals surface area (Å²) in [5, 5.41) is 2.80. The smallest absolute Gasteiger partial charge is 0.265 e. The number of fused-ring (bicyclic) bond motifs is 1. The van der Waals surface area contributed by atoms with Gasteiger partial charge in [-0.25, -0.2) is 0 Å². The SMILES string of the molecule is C=C(C)CN1C(=O)COc2cc(NC(=O)/C=C/c3ccc(OC)c(OC)c3)ccc21. The molecular weight excluding hydrogens is 384 g/mol. The van der Waals surface area contributed by atoms with Gasteiger partial charge in [-0.2, -0.15) is 0 Å². The van der Waals surface area contributed by atoms with Crippen molar-refractivity contribution >= 4 is 29.3 Å². The second-order valence-corrected chi connectivity index (χ2v) is 6.85. The minimum atomic E-state index is -0.296. The number of benzene rings is 2. The standard InChI is InChI=1S/C23H24N2O5/c1-15(2)13-25-18-8-7-17(12-20(18)30-14-23(25)27)24-22(26)10-6-16-5-9-19(28-3)21(11-16)29-4/h5-12H,1,13-14H2,2-4H3,(H,24,26)/b10-6+. The number of rotatable bonds is 7. The molecular formula is C23H24N2O5. The highest BCUT2D eigenvalue weighted by molar-refractivity contribution is 6.03. The van der Waals surface area contributed by atoms with Gasteiger partial charge in [0.1, 0.15) is 5.75 Å². The summed E-state index contributed by atoms with van der Waals surface area (Å²) in [6.45, 7) is 6.11. The van der Waals surface area contributed by atoms with Crippen LogP contribution < -0.4 is 24.4 Å². The lowest BCUT2D eigenvalue weighted by atomic mass is 10.1. The fourth-order valence-corrected chi connectivity index (χ4v) is 3.04. The van der Waals surface area contributed by atoms with E-state index >= 15 is 0 Å². The predicted molar refractivity (Wildman–Crippen MR) is 116 cm³/mol. The van der Waals surface area contributed by atoms with Crippen LogP contribution >= 0.6 is 0 Å². The molecule has 0 spiro atoms. The first-order chi connectivity index (χ1) is 14.4. The van der Waals surface area contributed by atoms with Crippen LogP contribution in [-0.4, -0.2) is 39.2 Å². The topological polar surface area (TPSA) is 77.1 Å². The zero-order chi connectivity index (χ0) is 21.7. The second-order valence-electron chi connectivity index (χ2n) is 6.85. The van der Waals surface area contributed by atoms with Gasteiger partial charge in [0, 0.05) is 24.4 Å². The van der Waals surface area contributed by atoms with Gasteiger partial charge in [0.25, 0.3) is 5.91 Å². The van der Waals surface area contributed by atoms with Crippen molar-refractivity contribution in [1.29, 1.82) is 0 Å². The molecule has 7 heteroatoms. The van der Waals surface area contributed by atoms with Crippen LogP contribution in [0.5, 0.6) is 17.2 Å². The average Bonchev–Trinajstić information content (AvgIpc) is 2.73. The summed E-state index contributed by atoms with van der Waals surface area (Å²) < 4.78 is 16.0. The molecule has 0 atom stereocenters. The molecule has 0 bridgehead atoms. The van der Waals surface area contributed by atoms with Crippen LogP contribution in [0.1, 0.15) is 12.5 Å². The molecule has 0 saturated heterocycles. The van der Waals surface area contributed by atoms with E-state index in [1.54, 1.807) is 55.5 Å². The Balaban J connectivity index is 1.71. The van der Waals surface area contributed by atoms with Gasteiger partial charge in [-0.15, -0.1) is 0 Å². The van der Waals surface area contributed by atoms with Gasteiger partial charge < -0.3 is 24.4 Å². The number of hydrogen-bond acceptors (Lipinski definition) is 5. The molecule has 0 radical (unpaired) electrons. The predicted octanol–water partition coefficient (Wildman–Crippen LogP) is 3.66. The minimum absolute atomic E-state index is 0.0448. The molecule has 0 fully saturated rings. The van der Waals surface area contributed by atoms with Crippen LogP contribution in [0, 0.1) is 0 Å². The summed E-state index contributed by atoms with van der Waals surface area (Å²) in [6.07, 6.45) is 3.11. The zero-order valence-electron chi connectivity index (χ0n) is 17.2. The maximum Gasteiger partial charge on any atom is 0.265 e. The lowest BCUT2D eigenvalue weighted by Gasteiger charge is -2.29. The highest BCUT2D eigenvalue weighted by Crippen LogP contribution is 2.35. The Bertz CT molecular complexity index is 1010. The van der Waals surface area contributed by atoms with E-state index in [2.05, 4.69) is 11.9 Å². The van der Waals surface area contributed by atoms with Crippen LogP contribution in [-0.2, 0) is 9.59 Å². The molecule has 1 aliphatic heterocycles. The molecule has 0 aromatic heterocycles. The number of nitrogens with zero attached hydrogens (tertiary/aromatic N) is 1. The fourth-order valence-electron chi connectivity index (χ4n) is 3.04. The third-order valence-corrected chi connectivity index (χ3v) is 4.43. The van der Waals surface area contributed by atoms with Gasteiger partial charge in [0.2, 0.25) is 5.91 Å². The Kier molecular flexibility index (Phi) is 6.41. The molecule has 156 valence electrons. The van der Waals surface area contributed by atoms with E-state index in [9.17, 15) is 9.59 Å². The second kappa shape index (κ2) is 9.17. The van der Waals surface area contributed by atoms with E-state index in [-0.39, 0.29) is 18.4 Å². The molecule has 1 N–H and O–H groups in total. The van der Waals surface area contributed by atoms with E-state index in [0.717, 1.165) is 11.1 Å². The van der Waals surface area contributed by atoms with Crippen LogP contribution in [0.2, 0.25) is 0 Å². The minimum Gasteiger partial charge on any atom is -0.493 e. The van der Waals surface area contributed by atoms with Crippen molar-refractivity contribution in [3.63, 3.8) is 0 Å². The Morgan fingerprint density at radius 2 is 1.97 bits per heavy atom. The lowest BCUT2D eigenvalue weighted by Crippen LogP contribution is -2.39. The Morgan fingerprint density at radius 3 is 2.67 bits per heavy atom. The number of amides is 2. The molecule has 3 rings (SSSR count). The van der Waals surface area contributed by atoms with E-state index < -0.39 is 0 Å². The number of ether oxygens (including phenoxy) is 3. The Labute approximate surface area is 175 Å². The number of carbonyl (C=O) groups excluding carboxylic acids is 2. The number of methoxy groups -OCH3 is 2. The van der Waals surface area contributed by atoms with E-state index in [4.69, 9.17) is 14.2 Å². The normalized spacial score (nSPS) is 12.9. The van der Waals surface area contributed by atoms with Gasteiger partial charge in [0.15, 0.2) is 18.1 Å². The van der Waals surface area contributed by atoms with Crippen LogP contribution in [0.25, 0.3) is 6.08 Å². The van der Waals surface area contributed by atoms with E-state index in [1.807, 2.05) is 13.0 Å². The van der Waals surface area contributed by atoms with E-state index in [1.165, 1.54) is 6.08 Å². The van der Waals surface area contributed by atoms with Gasteiger partial charge in [-0.1, -0.05) is 18.2 Å². The molecule has 30 heavy (non-hydrogen) atoms. The highest BCUT2D eigenvalue weighted by atomic mass is 16.5. The van der Waals surface area contributed by atoms with Crippen LogP contribution in [0.15, 0.2) is 54.6 Å². The van der Waals surface area contributed by atoms with Crippen molar-refractivity contribution in [3.8, 4) is 17.2 Å². The number of hydrogen-bond donors (Lipinski definition) is 1. The molecule has 0 aliphatic carbocycles. The first-order valence-electron chi connectivity index (χ1n) is 9.34. The van der Waals surface area contributed by atoms with E-state index in [0.29, 0.717) is 35.2 Å². The lowest BCUT2D eigenvalue weighted by molar-refractivity contribution is -0.121. The Hall–Kier alpha value is -3.74. The van der Waals surface area contributed by atoms with Crippen LogP contribution in [0.3, 0.4) is 0 Å². The number of carbonyl (C=O) groups is 2. The summed E-state index contributed by atoms with van der Waals surface area (Å²) in [7, 11) is 3.12. The maximum absolute atomic E-state index is 12.3. The summed E-state index contributed by atoms with van der Waals surface area (Å²) >= 11 is 0. The summed E-state index contributed by atoms with van der Waals surface area (Å²) in [4.78, 5) is 26.1. The molecule has 0 saturated carbocycles. The van der Waals surface area contributed by atoms with Crippen molar-refractivity contribution in [2.75, 3.05) is 37.6 Å². The first kappa shape index (κ1) is 21.0. The van der Waals surface area contributed by atoms with Crippen molar-refractivity contribution in [2.24, 2.45) is 0 Å². The maximum atomic E-state index is 12.3. The molecule has 2 aromatic rings. The first-order valence-corrected chi connectivity index (χ1v) is 9.34. The van der Waals surface area contributed by atoms with Crippen LogP contribution in [0.4, 0.5) is 11.4 Å². The summed E-state index contributed by atoms with van der Waals surface area (Å²) in [6, 6.07) is 10.6. The molecule has 1 heterocycles. The largest absolute Gasteiger partial charge is 0.493 e.